The van der Waals surface area contributed by atoms with Crippen LogP contribution in [0.5, 0.6) is 0 Å². The summed E-state index contributed by atoms with van der Waals surface area (Å²) in [6, 6.07) is 10.9. The van der Waals surface area contributed by atoms with E-state index in [1.165, 1.54) is 38.6 Å². The number of benzene rings is 1. The number of amides is 1. The topological polar surface area (TPSA) is 45.2 Å². The van der Waals surface area contributed by atoms with Gasteiger partial charge in [0.2, 0.25) is 0 Å². The van der Waals surface area contributed by atoms with Crippen molar-refractivity contribution in [3.63, 3.8) is 0 Å². The predicted octanol–water partition coefficient (Wildman–Crippen LogP) is 3.33. The van der Waals surface area contributed by atoms with Crippen molar-refractivity contribution in [1.29, 1.82) is 0 Å². The second kappa shape index (κ2) is 6.10. The Labute approximate surface area is 148 Å². The number of para-hydroxylation sites is 1. The predicted molar refractivity (Wildman–Crippen MR) is 98.8 cm³/mol. The van der Waals surface area contributed by atoms with Crippen LogP contribution in [0.1, 0.15) is 54.1 Å². The van der Waals surface area contributed by atoms with Crippen LogP contribution in [0.15, 0.2) is 30.3 Å². The number of hydrogen-bond donors (Lipinski definition) is 1. The fourth-order valence-electron chi connectivity index (χ4n) is 4.10. The molecule has 5 rings (SSSR count). The maximum atomic E-state index is 12.9. The summed E-state index contributed by atoms with van der Waals surface area (Å²) in [7, 11) is 0. The molecule has 1 N–H and O–H groups in total. The highest BCUT2D eigenvalue weighted by Gasteiger charge is 2.34. The van der Waals surface area contributed by atoms with Gasteiger partial charge in [0.15, 0.2) is 0 Å². The van der Waals surface area contributed by atoms with E-state index in [1.807, 2.05) is 30.3 Å². The fraction of sp³-hybridized carbons (Fsp3) is 0.524. The zero-order valence-electron chi connectivity index (χ0n) is 14.6. The van der Waals surface area contributed by atoms with E-state index in [0.717, 1.165) is 41.3 Å². The van der Waals surface area contributed by atoms with Crippen LogP contribution in [0, 0.1) is 5.92 Å². The highest BCUT2D eigenvalue weighted by molar-refractivity contribution is 6.06. The minimum atomic E-state index is 0.0605. The molecule has 130 valence electrons. The van der Waals surface area contributed by atoms with E-state index in [1.54, 1.807) is 0 Å². The van der Waals surface area contributed by atoms with Crippen LogP contribution in [0.25, 0.3) is 10.9 Å². The molecule has 25 heavy (non-hydrogen) atoms. The summed E-state index contributed by atoms with van der Waals surface area (Å²) >= 11 is 0. The minimum absolute atomic E-state index is 0.0605. The number of rotatable bonds is 5. The second-order valence-corrected chi connectivity index (χ2v) is 7.98. The molecule has 2 aliphatic carbocycles. The summed E-state index contributed by atoms with van der Waals surface area (Å²) in [6.07, 6.45) is 6.34. The van der Waals surface area contributed by atoms with Crippen LogP contribution < -0.4 is 5.32 Å². The molecular formula is C21H25N3O. The van der Waals surface area contributed by atoms with Gasteiger partial charge >= 0.3 is 0 Å². The van der Waals surface area contributed by atoms with Crippen LogP contribution in [0.3, 0.4) is 0 Å². The van der Waals surface area contributed by atoms with Gasteiger partial charge in [-0.1, -0.05) is 18.2 Å². The molecule has 4 heteroatoms. The molecule has 0 radical (unpaired) electrons. The second-order valence-electron chi connectivity index (χ2n) is 7.98. The van der Waals surface area contributed by atoms with Gasteiger partial charge in [0.05, 0.1) is 11.1 Å². The van der Waals surface area contributed by atoms with E-state index in [-0.39, 0.29) is 5.91 Å². The number of carbonyl (C=O) groups is 1. The SMILES string of the molecule is O=C(NCC1CCN(C2CC2)C1)c1cc(C2CC2)nc2ccccc12. The molecule has 4 nitrogen and oxygen atoms in total. The van der Waals surface area contributed by atoms with Gasteiger partial charge in [0, 0.05) is 36.1 Å². The van der Waals surface area contributed by atoms with Crippen LogP contribution in [0.4, 0.5) is 0 Å². The van der Waals surface area contributed by atoms with E-state index >= 15 is 0 Å². The molecule has 1 atom stereocenters. The number of nitrogens with one attached hydrogen (secondary N) is 1. The Kier molecular flexibility index (Phi) is 3.74. The van der Waals surface area contributed by atoms with Gasteiger partial charge in [-0.2, -0.15) is 0 Å². The van der Waals surface area contributed by atoms with Gasteiger partial charge in [-0.25, -0.2) is 0 Å². The van der Waals surface area contributed by atoms with Crippen LogP contribution in [-0.4, -0.2) is 41.5 Å². The van der Waals surface area contributed by atoms with Crippen molar-refractivity contribution in [3.05, 3.63) is 41.6 Å². The zero-order valence-corrected chi connectivity index (χ0v) is 14.6. The lowest BCUT2D eigenvalue weighted by Gasteiger charge is -2.15. The van der Waals surface area contributed by atoms with E-state index in [0.29, 0.717) is 11.8 Å². The van der Waals surface area contributed by atoms with Crippen molar-refractivity contribution in [2.75, 3.05) is 19.6 Å². The number of carbonyl (C=O) groups excluding carboxylic acids is 1. The first-order valence-corrected chi connectivity index (χ1v) is 9.70. The molecule has 2 heterocycles. The number of fused-ring (bicyclic) bond motifs is 1. The first-order chi connectivity index (χ1) is 12.3. The van der Waals surface area contributed by atoms with Crippen molar-refractivity contribution < 1.29 is 4.79 Å². The van der Waals surface area contributed by atoms with Crippen molar-refractivity contribution in [2.24, 2.45) is 5.92 Å². The Hall–Kier alpha value is -1.94. The number of nitrogens with zero attached hydrogens (tertiary/aromatic N) is 2. The van der Waals surface area contributed by atoms with Crippen molar-refractivity contribution in [3.8, 4) is 0 Å². The molecule has 3 fully saturated rings. The Morgan fingerprint density at radius 1 is 1.16 bits per heavy atom. The summed E-state index contributed by atoms with van der Waals surface area (Å²) in [5.74, 6) is 1.21. The number of pyridine rings is 1. The quantitative estimate of drug-likeness (QED) is 0.912. The third-order valence-corrected chi connectivity index (χ3v) is 5.91. The monoisotopic (exact) mass is 335 g/mol. The Morgan fingerprint density at radius 2 is 2.00 bits per heavy atom. The Morgan fingerprint density at radius 3 is 2.80 bits per heavy atom. The van der Waals surface area contributed by atoms with Gasteiger partial charge in [0.1, 0.15) is 0 Å². The summed E-state index contributed by atoms with van der Waals surface area (Å²) in [6.45, 7) is 3.14. The first kappa shape index (κ1) is 15.3. The maximum Gasteiger partial charge on any atom is 0.252 e. The molecule has 1 aliphatic heterocycles. The van der Waals surface area contributed by atoms with Gasteiger partial charge in [-0.3, -0.25) is 9.78 Å². The molecule has 2 saturated carbocycles. The van der Waals surface area contributed by atoms with Crippen LogP contribution >= 0.6 is 0 Å². The summed E-state index contributed by atoms with van der Waals surface area (Å²) in [4.78, 5) is 20.3. The minimum Gasteiger partial charge on any atom is -0.352 e. The molecule has 1 aromatic heterocycles. The lowest BCUT2D eigenvalue weighted by atomic mass is 10.0. The van der Waals surface area contributed by atoms with Crippen LogP contribution in [0.2, 0.25) is 0 Å². The van der Waals surface area contributed by atoms with Gasteiger partial charge < -0.3 is 10.2 Å². The molecule has 2 aromatic rings. The number of aromatic nitrogens is 1. The molecule has 1 unspecified atom stereocenters. The van der Waals surface area contributed by atoms with Crippen molar-refractivity contribution in [2.45, 2.75) is 44.1 Å². The Balaban J connectivity index is 1.32. The average Bonchev–Trinajstić information content (AvgIpc) is 3.57. The normalized spacial score (nSPS) is 23.9. The van der Waals surface area contributed by atoms with E-state index < -0.39 is 0 Å². The van der Waals surface area contributed by atoms with Crippen LogP contribution in [-0.2, 0) is 0 Å². The summed E-state index contributed by atoms with van der Waals surface area (Å²) < 4.78 is 0. The molecule has 1 amide bonds. The lowest BCUT2D eigenvalue weighted by molar-refractivity contribution is 0.0949. The average molecular weight is 335 g/mol. The molecule has 0 bridgehead atoms. The highest BCUT2D eigenvalue weighted by Crippen LogP contribution is 2.40. The molecule has 3 aliphatic rings. The van der Waals surface area contributed by atoms with E-state index in [2.05, 4.69) is 10.2 Å². The van der Waals surface area contributed by atoms with Gasteiger partial charge in [0.25, 0.3) is 5.91 Å². The van der Waals surface area contributed by atoms with Gasteiger partial charge in [-0.15, -0.1) is 0 Å². The highest BCUT2D eigenvalue weighted by atomic mass is 16.1. The first-order valence-electron chi connectivity index (χ1n) is 9.70. The largest absolute Gasteiger partial charge is 0.352 e. The fourth-order valence-corrected chi connectivity index (χ4v) is 4.10. The molecule has 1 aromatic carbocycles. The lowest BCUT2D eigenvalue weighted by Crippen LogP contribution is -2.31. The molecule has 0 spiro atoms. The zero-order chi connectivity index (χ0) is 16.8. The third kappa shape index (κ3) is 3.15. The standard InChI is InChI=1S/C21H25N3O/c25-21(22-12-14-9-10-24(13-14)16-7-8-16)18-11-20(15-5-6-15)23-19-4-2-1-3-17(18)19/h1-4,11,14-16H,5-10,12-13H2,(H,22,25). The van der Waals surface area contributed by atoms with Gasteiger partial charge in [-0.05, 0) is 56.7 Å². The smallest absolute Gasteiger partial charge is 0.252 e. The van der Waals surface area contributed by atoms with E-state index in [9.17, 15) is 4.79 Å². The molecular weight excluding hydrogens is 310 g/mol. The third-order valence-electron chi connectivity index (χ3n) is 5.91. The van der Waals surface area contributed by atoms with Crippen molar-refractivity contribution in [1.82, 2.24) is 15.2 Å². The van der Waals surface area contributed by atoms with E-state index in [4.69, 9.17) is 4.98 Å². The molecule has 1 saturated heterocycles. The number of hydrogen-bond acceptors (Lipinski definition) is 3. The Bertz CT molecular complexity index is 810. The summed E-state index contributed by atoms with van der Waals surface area (Å²) in [5.41, 5.74) is 2.83. The summed E-state index contributed by atoms with van der Waals surface area (Å²) in [5, 5.41) is 4.17. The number of likely N-dealkylation sites (tertiary alicyclic amines) is 1. The van der Waals surface area contributed by atoms with Crippen molar-refractivity contribution >= 4 is 16.8 Å². The maximum absolute atomic E-state index is 12.9.